The molecule has 0 fully saturated rings. The van der Waals surface area contributed by atoms with Gasteiger partial charge >= 0.3 is 0 Å². The molecule has 0 atom stereocenters. The fraction of sp³-hybridized carbons (Fsp3) is 0.214. The van der Waals surface area contributed by atoms with Crippen LogP contribution < -0.4 is 5.32 Å². The number of furan rings is 1. The van der Waals surface area contributed by atoms with Crippen molar-refractivity contribution in [2.24, 2.45) is 0 Å². The largest absolute Gasteiger partial charge is 0.469 e. The van der Waals surface area contributed by atoms with Crippen molar-refractivity contribution in [1.82, 2.24) is 0 Å². The van der Waals surface area contributed by atoms with Crippen LogP contribution in [0.1, 0.15) is 17.7 Å². The van der Waals surface area contributed by atoms with Crippen molar-refractivity contribution in [2.75, 3.05) is 5.32 Å². The van der Waals surface area contributed by atoms with Crippen molar-refractivity contribution >= 4 is 27.5 Å². The Morgan fingerprint density at radius 3 is 2.94 bits per heavy atom. The molecule has 1 N–H and O–H groups in total. The number of carbonyl (C=O) groups is 1. The number of carbonyl (C=O) groups excluding carboxylic acids is 1. The van der Waals surface area contributed by atoms with E-state index in [0.717, 1.165) is 21.5 Å². The van der Waals surface area contributed by atoms with Crippen molar-refractivity contribution in [3.05, 3.63) is 52.4 Å². The van der Waals surface area contributed by atoms with Crippen LogP contribution in [0.2, 0.25) is 0 Å². The molecular formula is C14H14BrNO2. The van der Waals surface area contributed by atoms with Gasteiger partial charge in [-0.25, -0.2) is 0 Å². The molecule has 94 valence electrons. The lowest BCUT2D eigenvalue weighted by Crippen LogP contribution is -2.12. The molecule has 0 spiro atoms. The minimum atomic E-state index is -0.0160. The Bertz CT molecular complexity index is 535. The third-order valence-corrected chi connectivity index (χ3v) is 3.27. The third-order valence-electron chi connectivity index (χ3n) is 2.57. The topological polar surface area (TPSA) is 42.2 Å². The number of rotatable bonds is 4. The summed E-state index contributed by atoms with van der Waals surface area (Å²) in [5.41, 5.74) is 1.92. The van der Waals surface area contributed by atoms with Crippen LogP contribution in [-0.2, 0) is 11.2 Å². The summed E-state index contributed by atoms with van der Waals surface area (Å²) in [7, 11) is 0. The highest BCUT2D eigenvalue weighted by Crippen LogP contribution is 2.23. The van der Waals surface area contributed by atoms with E-state index < -0.39 is 0 Å². The number of aryl methyl sites for hydroxylation is 2. The number of nitrogens with one attached hydrogen (secondary N) is 1. The van der Waals surface area contributed by atoms with E-state index in [4.69, 9.17) is 4.42 Å². The Morgan fingerprint density at radius 2 is 2.22 bits per heavy atom. The SMILES string of the molecule is Cc1ccc(Br)c(NC(=O)CCc2ccco2)c1. The Balaban J connectivity index is 1.92. The van der Waals surface area contributed by atoms with Crippen LogP contribution in [0.3, 0.4) is 0 Å². The maximum Gasteiger partial charge on any atom is 0.224 e. The molecule has 1 heterocycles. The van der Waals surface area contributed by atoms with Crippen molar-refractivity contribution in [1.29, 1.82) is 0 Å². The molecule has 0 saturated heterocycles. The Labute approximate surface area is 114 Å². The molecular weight excluding hydrogens is 294 g/mol. The quantitative estimate of drug-likeness (QED) is 0.930. The summed E-state index contributed by atoms with van der Waals surface area (Å²) in [4.78, 5) is 11.8. The summed E-state index contributed by atoms with van der Waals surface area (Å²) >= 11 is 3.42. The summed E-state index contributed by atoms with van der Waals surface area (Å²) in [6, 6.07) is 9.55. The molecule has 0 saturated carbocycles. The first-order valence-electron chi connectivity index (χ1n) is 5.73. The molecule has 3 nitrogen and oxygen atoms in total. The smallest absolute Gasteiger partial charge is 0.224 e. The van der Waals surface area contributed by atoms with Gasteiger partial charge in [0.25, 0.3) is 0 Å². The molecule has 2 rings (SSSR count). The number of benzene rings is 1. The minimum Gasteiger partial charge on any atom is -0.469 e. The second-order valence-corrected chi connectivity index (χ2v) is 4.97. The number of amides is 1. The van der Waals surface area contributed by atoms with Crippen LogP contribution in [0.4, 0.5) is 5.69 Å². The van der Waals surface area contributed by atoms with Crippen molar-refractivity contribution in [3.8, 4) is 0 Å². The highest BCUT2D eigenvalue weighted by Gasteiger charge is 2.07. The van der Waals surface area contributed by atoms with E-state index in [1.165, 1.54) is 0 Å². The summed E-state index contributed by atoms with van der Waals surface area (Å²) < 4.78 is 6.08. The standard InChI is InChI=1S/C14H14BrNO2/c1-10-4-6-12(15)13(9-10)16-14(17)7-5-11-3-2-8-18-11/h2-4,6,8-9H,5,7H2,1H3,(H,16,17). The van der Waals surface area contributed by atoms with Crippen molar-refractivity contribution in [2.45, 2.75) is 19.8 Å². The van der Waals surface area contributed by atoms with Gasteiger partial charge in [-0.3, -0.25) is 4.79 Å². The molecule has 0 aliphatic heterocycles. The first-order chi connectivity index (χ1) is 8.65. The second kappa shape index (κ2) is 5.87. The first kappa shape index (κ1) is 12.9. The molecule has 1 amide bonds. The van der Waals surface area contributed by atoms with E-state index in [0.29, 0.717) is 12.8 Å². The Hall–Kier alpha value is -1.55. The summed E-state index contributed by atoms with van der Waals surface area (Å²) in [5, 5.41) is 2.89. The minimum absolute atomic E-state index is 0.0160. The number of hydrogen-bond acceptors (Lipinski definition) is 2. The summed E-state index contributed by atoms with van der Waals surface area (Å²) in [6.07, 6.45) is 2.64. The molecule has 0 aliphatic carbocycles. The fourth-order valence-corrected chi connectivity index (χ4v) is 1.98. The number of halogens is 1. The lowest BCUT2D eigenvalue weighted by molar-refractivity contribution is -0.116. The molecule has 0 bridgehead atoms. The van der Waals surface area contributed by atoms with E-state index in [-0.39, 0.29) is 5.91 Å². The van der Waals surface area contributed by atoms with Gasteiger partial charge in [-0.1, -0.05) is 6.07 Å². The van der Waals surface area contributed by atoms with Crippen LogP contribution in [0, 0.1) is 6.92 Å². The van der Waals surface area contributed by atoms with E-state index in [2.05, 4.69) is 21.2 Å². The number of anilines is 1. The highest BCUT2D eigenvalue weighted by molar-refractivity contribution is 9.10. The Kier molecular flexibility index (Phi) is 4.20. The molecule has 1 aromatic heterocycles. The van der Waals surface area contributed by atoms with Crippen molar-refractivity contribution in [3.63, 3.8) is 0 Å². The maximum absolute atomic E-state index is 11.8. The molecule has 1 aromatic carbocycles. The predicted octanol–water partition coefficient (Wildman–Crippen LogP) is 3.92. The molecule has 0 aliphatic rings. The zero-order chi connectivity index (χ0) is 13.0. The van der Waals surface area contributed by atoms with Crippen LogP contribution in [0.15, 0.2) is 45.5 Å². The summed E-state index contributed by atoms with van der Waals surface area (Å²) in [6.45, 7) is 1.99. The van der Waals surface area contributed by atoms with Crippen LogP contribution >= 0.6 is 15.9 Å². The van der Waals surface area contributed by atoms with Crippen LogP contribution in [-0.4, -0.2) is 5.91 Å². The van der Waals surface area contributed by atoms with Crippen molar-refractivity contribution < 1.29 is 9.21 Å². The van der Waals surface area contributed by atoms with Gasteiger partial charge in [0.05, 0.1) is 12.0 Å². The second-order valence-electron chi connectivity index (χ2n) is 4.11. The van der Waals surface area contributed by atoms with Crippen LogP contribution in [0.5, 0.6) is 0 Å². The maximum atomic E-state index is 11.8. The fourth-order valence-electron chi connectivity index (χ4n) is 1.64. The highest BCUT2D eigenvalue weighted by atomic mass is 79.9. The van der Waals surface area contributed by atoms with Gasteiger partial charge in [-0.05, 0) is 52.7 Å². The molecule has 2 aromatic rings. The van der Waals surface area contributed by atoms with E-state index >= 15 is 0 Å². The van der Waals surface area contributed by atoms with E-state index in [1.54, 1.807) is 6.26 Å². The molecule has 18 heavy (non-hydrogen) atoms. The van der Waals surface area contributed by atoms with Gasteiger partial charge in [0.15, 0.2) is 0 Å². The Morgan fingerprint density at radius 1 is 1.39 bits per heavy atom. The predicted molar refractivity (Wildman–Crippen MR) is 74.5 cm³/mol. The van der Waals surface area contributed by atoms with Gasteiger partial charge in [0, 0.05) is 17.3 Å². The first-order valence-corrected chi connectivity index (χ1v) is 6.53. The monoisotopic (exact) mass is 307 g/mol. The zero-order valence-electron chi connectivity index (χ0n) is 10.1. The normalized spacial score (nSPS) is 10.3. The van der Waals surface area contributed by atoms with Gasteiger partial charge in [0.2, 0.25) is 5.91 Å². The third kappa shape index (κ3) is 3.47. The van der Waals surface area contributed by atoms with E-state index in [1.807, 2.05) is 37.3 Å². The number of hydrogen-bond donors (Lipinski definition) is 1. The van der Waals surface area contributed by atoms with Gasteiger partial charge in [-0.2, -0.15) is 0 Å². The average molecular weight is 308 g/mol. The molecule has 0 unspecified atom stereocenters. The zero-order valence-corrected chi connectivity index (χ0v) is 11.7. The van der Waals surface area contributed by atoms with Crippen LogP contribution in [0.25, 0.3) is 0 Å². The molecule has 0 radical (unpaired) electrons. The molecule has 4 heteroatoms. The van der Waals surface area contributed by atoms with Gasteiger partial charge in [-0.15, -0.1) is 0 Å². The van der Waals surface area contributed by atoms with E-state index in [9.17, 15) is 4.79 Å². The average Bonchev–Trinajstić information content (AvgIpc) is 2.84. The van der Waals surface area contributed by atoms with Gasteiger partial charge in [0.1, 0.15) is 5.76 Å². The summed E-state index contributed by atoms with van der Waals surface area (Å²) in [5.74, 6) is 0.811. The lowest BCUT2D eigenvalue weighted by Gasteiger charge is -2.07. The van der Waals surface area contributed by atoms with Gasteiger partial charge < -0.3 is 9.73 Å². The lowest BCUT2D eigenvalue weighted by atomic mass is 10.2.